The summed E-state index contributed by atoms with van der Waals surface area (Å²) in [6.45, 7) is 12.5. The van der Waals surface area contributed by atoms with Crippen LogP contribution in [0.25, 0.3) is 0 Å². The normalized spacial score (nSPS) is 10.3. The van der Waals surface area contributed by atoms with Crippen molar-refractivity contribution >= 4 is 5.91 Å². The Morgan fingerprint density at radius 3 is 2.52 bits per heavy atom. The van der Waals surface area contributed by atoms with Gasteiger partial charge in [-0.25, -0.2) is 0 Å². The van der Waals surface area contributed by atoms with Gasteiger partial charge in [0, 0.05) is 6.54 Å². The molecule has 0 radical (unpaired) electrons. The van der Waals surface area contributed by atoms with Crippen molar-refractivity contribution in [3.63, 3.8) is 0 Å². The summed E-state index contributed by atoms with van der Waals surface area (Å²) in [6, 6.07) is 7.85. The van der Waals surface area contributed by atoms with Gasteiger partial charge in [0.25, 0.3) is 0 Å². The lowest BCUT2D eigenvalue weighted by Crippen LogP contribution is -2.32. The van der Waals surface area contributed by atoms with Crippen molar-refractivity contribution in [3.05, 3.63) is 34.9 Å². The summed E-state index contributed by atoms with van der Waals surface area (Å²) < 4.78 is 5.41. The van der Waals surface area contributed by atoms with Crippen molar-refractivity contribution in [1.82, 2.24) is 5.32 Å². The van der Waals surface area contributed by atoms with E-state index in [9.17, 15) is 4.79 Å². The van der Waals surface area contributed by atoms with Crippen LogP contribution in [0.15, 0.2) is 18.2 Å². The Balaban J connectivity index is 0.00000232. The molecule has 23 heavy (non-hydrogen) atoms. The third kappa shape index (κ3) is 9.70. The number of benzene rings is 1. The van der Waals surface area contributed by atoms with E-state index in [0.717, 1.165) is 18.4 Å². The standard InChI is InChI=1S/C17H24N2O2.C2H6/c1-13-7-8-14(11-18)10-15(13)6-5-9-19-16(20)12-21-17(2,3)4;1-2/h7-8,10H,5-6,9,12H2,1-4H3,(H,19,20);1-2H3. The number of carbonyl (C=O) groups excluding carboxylic acids is 1. The molecule has 0 atom stereocenters. The third-order valence-electron chi connectivity index (χ3n) is 3.06. The fourth-order valence-corrected chi connectivity index (χ4v) is 1.85. The molecule has 0 unspecified atom stereocenters. The van der Waals surface area contributed by atoms with E-state index in [1.54, 1.807) is 0 Å². The lowest BCUT2D eigenvalue weighted by molar-refractivity contribution is -0.130. The number of nitrogens with zero attached hydrogens (tertiary/aromatic N) is 1. The van der Waals surface area contributed by atoms with Crippen LogP contribution >= 0.6 is 0 Å². The van der Waals surface area contributed by atoms with Gasteiger partial charge in [-0.1, -0.05) is 19.9 Å². The monoisotopic (exact) mass is 318 g/mol. The lowest BCUT2D eigenvalue weighted by atomic mass is 10.0. The van der Waals surface area contributed by atoms with Gasteiger partial charge in [0.05, 0.1) is 17.2 Å². The second-order valence-electron chi connectivity index (χ2n) is 6.11. The van der Waals surface area contributed by atoms with E-state index in [-0.39, 0.29) is 18.1 Å². The third-order valence-corrected chi connectivity index (χ3v) is 3.06. The highest BCUT2D eigenvalue weighted by atomic mass is 16.5. The number of ether oxygens (including phenoxy) is 1. The molecule has 0 saturated carbocycles. The first-order valence-electron chi connectivity index (χ1n) is 8.22. The Labute approximate surface area is 140 Å². The minimum Gasteiger partial charge on any atom is -0.366 e. The number of carbonyl (C=O) groups is 1. The minimum atomic E-state index is -0.299. The molecule has 0 fully saturated rings. The van der Waals surface area contributed by atoms with Crippen LogP contribution in [-0.2, 0) is 16.0 Å². The largest absolute Gasteiger partial charge is 0.366 e. The lowest BCUT2D eigenvalue weighted by Gasteiger charge is -2.19. The molecule has 1 N–H and O–H groups in total. The summed E-state index contributed by atoms with van der Waals surface area (Å²) in [5.41, 5.74) is 2.72. The fourth-order valence-electron chi connectivity index (χ4n) is 1.85. The highest BCUT2D eigenvalue weighted by Crippen LogP contribution is 2.12. The number of aryl methyl sites for hydroxylation is 2. The van der Waals surface area contributed by atoms with Crippen molar-refractivity contribution in [3.8, 4) is 6.07 Å². The molecular weight excluding hydrogens is 288 g/mol. The molecule has 1 aromatic rings. The maximum absolute atomic E-state index is 11.6. The highest BCUT2D eigenvalue weighted by Gasteiger charge is 2.12. The molecule has 1 amide bonds. The van der Waals surface area contributed by atoms with Gasteiger partial charge in [-0.15, -0.1) is 0 Å². The zero-order valence-corrected chi connectivity index (χ0v) is 15.3. The van der Waals surface area contributed by atoms with Gasteiger partial charge >= 0.3 is 0 Å². The Hall–Kier alpha value is -1.86. The van der Waals surface area contributed by atoms with E-state index in [4.69, 9.17) is 10.00 Å². The number of hydrogen-bond donors (Lipinski definition) is 1. The van der Waals surface area contributed by atoms with Crippen LogP contribution in [0.5, 0.6) is 0 Å². The number of nitrogens with one attached hydrogen (secondary N) is 1. The molecule has 0 bridgehead atoms. The van der Waals surface area contributed by atoms with Gasteiger partial charge in [0.1, 0.15) is 6.61 Å². The molecular formula is C19H30N2O2. The summed E-state index contributed by atoms with van der Waals surface area (Å²) in [5, 5.41) is 11.7. The summed E-state index contributed by atoms with van der Waals surface area (Å²) in [4.78, 5) is 11.6. The Morgan fingerprint density at radius 1 is 1.30 bits per heavy atom. The van der Waals surface area contributed by atoms with E-state index in [1.165, 1.54) is 5.56 Å². The molecule has 4 nitrogen and oxygen atoms in total. The molecule has 128 valence electrons. The molecule has 0 aliphatic heterocycles. The van der Waals surface area contributed by atoms with Crippen molar-refractivity contribution in [1.29, 1.82) is 5.26 Å². The SMILES string of the molecule is CC.Cc1ccc(C#N)cc1CCCNC(=O)COC(C)(C)C. The molecule has 0 aromatic heterocycles. The van der Waals surface area contributed by atoms with E-state index < -0.39 is 0 Å². The molecule has 0 saturated heterocycles. The van der Waals surface area contributed by atoms with Crippen LogP contribution in [-0.4, -0.2) is 24.7 Å². The number of rotatable bonds is 6. The zero-order valence-electron chi connectivity index (χ0n) is 15.3. The average molecular weight is 318 g/mol. The highest BCUT2D eigenvalue weighted by molar-refractivity contribution is 5.77. The maximum Gasteiger partial charge on any atom is 0.246 e. The minimum absolute atomic E-state index is 0.0897. The second kappa shape index (κ2) is 10.8. The molecule has 0 heterocycles. The predicted molar refractivity (Wildman–Crippen MR) is 94.3 cm³/mol. The quantitative estimate of drug-likeness (QED) is 0.812. The molecule has 1 rings (SSSR count). The van der Waals surface area contributed by atoms with Crippen molar-refractivity contribution in [2.24, 2.45) is 0 Å². The zero-order chi connectivity index (χ0) is 17.9. The van der Waals surface area contributed by atoms with Crippen molar-refractivity contribution in [2.45, 2.75) is 60.0 Å². The van der Waals surface area contributed by atoms with Crippen LogP contribution < -0.4 is 5.32 Å². The fraction of sp³-hybridized carbons (Fsp3) is 0.579. The smallest absolute Gasteiger partial charge is 0.246 e. The van der Waals surface area contributed by atoms with Gasteiger partial charge in [-0.05, 0) is 63.8 Å². The van der Waals surface area contributed by atoms with E-state index in [1.807, 2.05) is 59.7 Å². The summed E-state index contributed by atoms with van der Waals surface area (Å²) in [7, 11) is 0. The molecule has 0 spiro atoms. The number of nitriles is 1. The van der Waals surface area contributed by atoms with Gasteiger partial charge in [0.2, 0.25) is 5.91 Å². The molecule has 0 aliphatic carbocycles. The van der Waals surface area contributed by atoms with Gasteiger partial charge in [-0.3, -0.25) is 4.79 Å². The first kappa shape index (κ1) is 21.1. The first-order chi connectivity index (χ1) is 10.8. The molecule has 1 aromatic carbocycles. The number of amides is 1. The first-order valence-corrected chi connectivity index (χ1v) is 8.22. The van der Waals surface area contributed by atoms with Crippen molar-refractivity contribution in [2.75, 3.05) is 13.2 Å². The Bertz CT molecular complexity index is 525. The molecule has 4 heteroatoms. The average Bonchev–Trinajstić information content (AvgIpc) is 2.52. The van der Waals surface area contributed by atoms with Crippen LogP contribution in [0, 0.1) is 18.3 Å². The van der Waals surface area contributed by atoms with Gasteiger partial charge < -0.3 is 10.1 Å². The summed E-state index contributed by atoms with van der Waals surface area (Å²) in [5.74, 6) is -0.0903. The summed E-state index contributed by atoms with van der Waals surface area (Å²) >= 11 is 0. The van der Waals surface area contributed by atoms with Crippen LogP contribution in [0.1, 0.15) is 57.7 Å². The maximum atomic E-state index is 11.6. The van der Waals surface area contributed by atoms with Crippen LogP contribution in [0.3, 0.4) is 0 Å². The van der Waals surface area contributed by atoms with E-state index in [0.29, 0.717) is 12.1 Å². The van der Waals surface area contributed by atoms with Gasteiger partial charge in [0.15, 0.2) is 0 Å². The van der Waals surface area contributed by atoms with Crippen LogP contribution in [0.4, 0.5) is 0 Å². The van der Waals surface area contributed by atoms with Crippen molar-refractivity contribution < 1.29 is 9.53 Å². The van der Waals surface area contributed by atoms with E-state index in [2.05, 4.69) is 11.4 Å². The summed E-state index contributed by atoms with van der Waals surface area (Å²) in [6.07, 6.45) is 1.69. The van der Waals surface area contributed by atoms with Gasteiger partial charge in [-0.2, -0.15) is 5.26 Å². The number of hydrogen-bond acceptors (Lipinski definition) is 3. The Morgan fingerprint density at radius 2 is 1.96 bits per heavy atom. The molecule has 0 aliphatic rings. The second-order valence-corrected chi connectivity index (χ2v) is 6.11. The van der Waals surface area contributed by atoms with E-state index >= 15 is 0 Å². The predicted octanol–water partition coefficient (Wildman–Crippen LogP) is 3.76. The Kier molecular flexibility index (Phi) is 9.92. The van der Waals surface area contributed by atoms with Crippen LogP contribution in [0.2, 0.25) is 0 Å². The topological polar surface area (TPSA) is 62.1 Å².